The fourth-order valence-electron chi connectivity index (χ4n) is 1.69. The van der Waals surface area contributed by atoms with E-state index in [0.717, 1.165) is 10.9 Å². The van der Waals surface area contributed by atoms with Crippen LogP contribution < -0.4 is 16.6 Å². The van der Waals surface area contributed by atoms with E-state index in [-0.39, 0.29) is 5.91 Å². The molecule has 0 saturated heterocycles. The van der Waals surface area contributed by atoms with Gasteiger partial charge in [0.05, 0.1) is 11.1 Å². The average Bonchev–Trinajstić information content (AvgIpc) is 2.37. The van der Waals surface area contributed by atoms with E-state index in [0.29, 0.717) is 17.9 Å². The summed E-state index contributed by atoms with van der Waals surface area (Å²) in [4.78, 5) is 16.2. The third-order valence-corrected chi connectivity index (χ3v) is 2.45. The number of rotatable bonds is 3. The number of nitrogen functional groups attached to an aromatic ring is 1. The summed E-state index contributed by atoms with van der Waals surface area (Å²) in [7, 11) is 0. The van der Waals surface area contributed by atoms with Crippen LogP contribution >= 0.6 is 0 Å². The molecule has 88 valence electrons. The van der Waals surface area contributed by atoms with Crippen molar-refractivity contribution in [3.63, 3.8) is 0 Å². The van der Waals surface area contributed by atoms with Gasteiger partial charge in [0.25, 0.3) is 5.91 Å². The van der Waals surface area contributed by atoms with E-state index < -0.39 is 0 Å². The van der Waals surface area contributed by atoms with Gasteiger partial charge in [-0.15, -0.1) is 0 Å². The molecular formula is C12H14N4O. The van der Waals surface area contributed by atoms with Crippen molar-refractivity contribution in [3.05, 3.63) is 35.9 Å². The second-order valence-corrected chi connectivity index (χ2v) is 3.58. The molecule has 0 aliphatic carbocycles. The van der Waals surface area contributed by atoms with Crippen LogP contribution in [0.15, 0.2) is 30.3 Å². The van der Waals surface area contributed by atoms with Crippen molar-refractivity contribution in [1.82, 2.24) is 10.3 Å². The van der Waals surface area contributed by atoms with Crippen molar-refractivity contribution in [1.29, 1.82) is 0 Å². The minimum atomic E-state index is -0.123. The first kappa shape index (κ1) is 11.3. The van der Waals surface area contributed by atoms with E-state index in [9.17, 15) is 4.79 Å². The lowest BCUT2D eigenvalue weighted by molar-refractivity contribution is 0.0957. The first-order chi connectivity index (χ1) is 8.26. The molecule has 1 aromatic heterocycles. The summed E-state index contributed by atoms with van der Waals surface area (Å²) in [5.74, 6) is 5.69. The molecule has 0 fully saturated rings. The van der Waals surface area contributed by atoms with Gasteiger partial charge in [-0.1, -0.05) is 18.2 Å². The van der Waals surface area contributed by atoms with Gasteiger partial charge in [0.15, 0.2) is 0 Å². The number of hydrogen-bond donors (Lipinski definition) is 3. The molecule has 0 spiro atoms. The highest BCUT2D eigenvalue weighted by Gasteiger charge is 2.11. The third-order valence-electron chi connectivity index (χ3n) is 2.45. The second kappa shape index (κ2) is 4.80. The van der Waals surface area contributed by atoms with Crippen LogP contribution in [0, 0.1) is 0 Å². The topological polar surface area (TPSA) is 80.0 Å². The molecule has 17 heavy (non-hydrogen) atoms. The number of benzene rings is 1. The number of hydrogen-bond acceptors (Lipinski definition) is 4. The Morgan fingerprint density at radius 2 is 2.18 bits per heavy atom. The summed E-state index contributed by atoms with van der Waals surface area (Å²) >= 11 is 0. The molecule has 4 N–H and O–H groups in total. The Balaban J connectivity index is 2.62. The van der Waals surface area contributed by atoms with Crippen molar-refractivity contribution in [2.24, 2.45) is 5.84 Å². The molecule has 1 aromatic carbocycles. The highest BCUT2D eigenvalue weighted by Crippen LogP contribution is 2.20. The predicted molar refractivity (Wildman–Crippen MR) is 67.6 cm³/mol. The van der Waals surface area contributed by atoms with Crippen molar-refractivity contribution in [2.45, 2.75) is 6.92 Å². The molecule has 0 bridgehead atoms. The number of pyridine rings is 1. The number of para-hydroxylation sites is 1. The zero-order valence-electron chi connectivity index (χ0n) is 9.53. The van der Waals surface area contributed by atoms with Crippen LogP contribution in [-0.4, -0.2) is 17.4 Å². The number of nitrogens with one attached hydrogen (secondary N) is 2. The molecule has 0 atom stereocenters. The number of carbonyl (C=O) groups is 1. The Morgan fingerprint density at radius 1 is 1.41 bits per heavy atom. The monoisotopic (exact) mass is 230 g/mol. The average molecular weight is 230 g/mol. The summed E-state index contributed by atoms with van der Waals surface area (Å²) < 4.78 is 0. The predicted octanol–water partition coefficient (Wildman–Crippen LogP) is 1.27. The van der Waals surface area contributed by atoms with Crippen molar-refractivity contribution in [3.8, 4) is 0 Å². The van der Waals surface area contributed by atoms with Crippen LogP contribution in [0.5, 0.6) is 0 Å². The molecule has 5 nitrogen and oxygen atoms in total. The van der Waals surface area contributed by atoms with E-state index >= 15 is 0 Å². The maximum atomic E-state index is 11.9. The number of amides is 1. The zero-order chi connectivity index (χ0) is 12.3. The molecule has 2 aromatic rings. The molecular weight excluding hydrogens is 216 g/mol. The Morgan fingerprint density at radius 3 is 2.88 bits per heavy atom. The van der Waals surface area contributed by atoms with E-state index in [1.165, 1.54) is 0 Å². The highest BCUT2D eigenvalue weighted by molar-refractivity contribution is 6.06. The number of aromatic nitrogens is 1. The first-order valence-electron chi connectivity index (χ1n) is 5.41. The molecule has 5 heteroatoms. The Kier molecular flexibility index (Phi) is 3.20. The van der Waals surface area contributed by atoms with Crippen molar-refractivity contribution in [2.75, 3.05) is 12.0 Å². The van der Waals surface area contributed by atoms with Gasteiger partial charge in [0, 0.05) is 11.9 Å². The lowest BCUT2D eigenvalue weighted by atomic mass is 10.1. The maximum Gasteiger partial charge on any atom is 0.252 e. The molecule has 1 amide bonds. The van der Waals surface area contributed by atoms with Gasteiger partial charge < -0.3 is 10.7 Å². The molecule has 0 aliphatic rings. The summed E-state index contributed by atoms with van der Waals surface area (Å²) in [5, 5.41) is 3.59. The third kappa shape index (κ3) is 2.19. The van der Waals surface area contributed by atoms with Crippen molar-refractivity contribution < 1.29 is 4.79 Å². The normalized spacial score (nSPS) is 10.2. The zero-order valence-corrected chi connectivity index (χ0v) is 9.53. The lowest BCUT2D eigenvalue weighted by Gasteiger charge is -2.08. The second-order valence-electron chi connectivity index (χ2n) is 3.58. The quantitative estimate of drug-likeness (QED) is 0.548. The Labute approximate surface area is 99.0 Å². The molecule has 2 rings (SSSR count). The van der Waals surface area contributed by atoms with E-state index in [1.807, 2.05) is 31.2 Å². The Hall–Kier alpha value is -2.14. The molecule has 0 radical (unpaired) electrons. The van der Waals surface area contributed by atoms with Crippen LogP contribution in [0.4, 0.5) is 5.82 Å². The minimum Gasteiger partial charge on any atom is -0.352 e. The van der Waals surface area contributed by atoms with Gasteiger partial charge in [0.2, 0.25) is 0 Å². The van der Waals surface area contributed by atoms with Gasteiger partial charge in [-0.25, -0.2) is 10.8 Å². The lowest BCUT2D eigenvalue weighted by Crippen LogP contribution is -2.23. The highest BCUT2D eigenvalue weighted by atomic mass is 16.1. The summed E-state index contributed by atoms with van der Waals surface area (Å²) in [6.07, 6.45) is 0. The van der Waals surface area contributed by atoms with Crippen LogP contribution in [0.2, 0.25) is 0 Å². The fourth-order valence-corrected chi connectivity index (χ4v) is 1.69. The van der Waals surface area contributed by atoms with Gasteiger partial charge in [0.1, 0.15) is 5.82 Å². The van der Waals surface area contributed by atoms with E-state index in [1.54, 1.807) is 6.07 Å². The fraction of sp³-hybridized carbons (Fsp3) is 0.167. The SMILES string of the molecule is CCNC(=O)c1cc(NN)nc2ccccc12. The largest absolute Gasteiger partial charge is 0.352 e. The molecule has 0 saturated carbocycles. The van der Waals surface area contributed by atoms with E-state index in [2.05, 4.69) is 15.7 Å². The van der Waals surface area contributed by atoms with Gasteiger partial charge in [-0.05, 0) is 19.1 Å². The summed E-state index contributed by atoms with van der Waals surface area (Å²) in [5.41, 5.74) is 3.78. The van der Waals surface area contributed by atoms with Crippen LogP contribution in [0.25, 0.3) is 10.9 Å². The number of nitrogens with zero attached hydrogens (tertiary/aromatic N) is 1. The van der Waals surface area contributed by atoms with Crippen LogP contribution in [0.1, 0.15) is 17.3 Å². The summed E-state index contributed by atoms with van der Waals surface area (Å²) in [6.45, 7) is 2.46. The number of hydrazine groups is 1. The number of anilines is 1. The Bertz CT molecular complexity index is 553. The molecule has 1 heterocycles. The van der Waals surface area contributed by atoms with Crippen LogP contribution in [0.3, 0.4) is 0 Å². The number of nitrogens with two attached hydrogens (primary N) is 1. The number of fused-ring (bicyclic) bond motifs is 1. The minimum absolute atomic E-state index is 0.123. The smallest absolute Gasteiger partial charge is 0.252 e. The standard InChI is InChI=1S/C12H14N4O/c1-2-14-12(17)9-7-11(16-13)15-10-6-4-3-5-8(9)10/h3-7H,2,13H2,1H3,(H,14,17)(H,15,16). The van der Waals surface area contributed by atoms with Crippen LogP contribution in [-0.2, 0) is 0 Å². The molecule has 0 aliphatic heterocycles. The van der Waals surface area contributed by atoms with Gasteiger partial charge >= 0.3 is 0 Å². The molecule has 0 unspecified atom stereocenters. The first-order valence-corrected chi connectivity index (χ1v) is 5.41. The van der Waals surface area contributed by atoms with Crippen molar-refractivity contribution >= 4 is 22.6 Å². The number of carbonyl (C=O) groups excluding carboxylic acids is 1. The maximum absolute atomic E-state index is 11.9. The van der Waals surface area contributed by atoms with E-state index in [4.69, 9.17) is 5.84 Å². The van der Waals surface area contributed by atoms with Gasteiger partial charge in [-0.3, -0.25) is 4.79 Å². The summed E-state index contributed by atoms with van der Waals surface area (Å²) in [6, 6.07) is 9.11. The van der Waals surface area contributed by atoms with Gasteiger partial charge in [-0.2, -0.15) is 0 Å².